The minimum absolute atomic E-state index is 0.0456. The van der Waals surface area contributed by atoms with E-state index in [0.717, 1.165) is 6.42 Å². The zero-order valence-electron chi connectivity index (χ0n) is 13.0. The van der Waals surface area contributed by atoms with Gasteiger partial charge < -0.3 is 9.84 Å². The second-order valence-electron chi connectivity index (χ2n) is 5.49. The molecular formula is C15H21N3O2S2. The zero-order valence-corrected chi connectivity index (χ0v) is 14.7. The zero-order chi connectivity index (χ0) is 15.9. The molecule has 2 aromatic heterocycles. The SMILES string of the molecule is Cc1nc(CSCC(=O)N[C@@H](CC(C)C)c2cccs2)no1. The van der Waals surface area contributed by atoms with Crippen molar-refractivity contribution in [3.63, 3.8) is 0 Å². The van der Waals surface area contributed by atoms with Gasteiger partial charge in [-0.05, 0) is 23.8 Å². The van der Waals surface area contributed by atoms with Crippen LogP contribution in [0, 0.1) is 12.8 Å². The molecule has 5 nitrogen and oxygen atoms in total. The molecular weight excluding hydrogens is 318 g/mol. The molecule has 120 valence electrons. The Bertz CT molecular complexity index is 581. The fraction of sp³-hybridized carbons (Fsp3) is 0.533. The Balaban J connectivity index is 1.80. The van der Waals surface area contributed by atoms with Crippen molar-refractivity contribution in [2.45, 2.75) is 39.0 Å². The molecule has 0 saturated heterocycles. The van der Waals surface area contributed by atoms with Crippen molar-refractivity contribution >= 4 is 29.0 Å². The molecule has 0 aliphatic carbocycles. The average molecular weight is 339 g/mol. The van der Waals surface area contributed by atoms with Crippen molar-refractivity contribution in [3.8, 4) is 0 Å². The summed E-state index contributed by atoms with van der Waals surface area (Å²) in [6, 6.07) is 4.19. The van der Waals surface area contributed by atoms with Crippen LogP contribution in [0.25, 0.3) is 0 Å². The minimum atomic E-state index is 0.0456. The summed E-state index contributed by atoms with van der Waals surface area (Å²) in [6.07, 6.45) is 0.945. The van der Waals surface area contributed by atoms with Gasteiger partial charge in [0.25, 0.3) is 0 Å². The van der Waals surface area contributed by atoms with Crippen LogP contribution in [0.5, 0.6) is 0 Å². The van der Waals surface area contributed by atoms with Gasteiger partial charge in [0.15, 0.2) is 5.82 Å². The van der Waals surface area contributed by atoms with Crippen LogP contribution in [-0.4, -0.2) is 21.8 Å². The Kier molecular flexibility index (Phi) is 6.45. The van der Waals surface area contributed by atoms with Gasteiger partial charge in [-0.25, -0.2) is 0 Å². The number of aryl methyl sites for hydroxylation is 1. The number of nitrogens with zero attached hydrogens (tertiary/aromatic N) is 2. The maximum atomic E-state index is 12.1. The lowest BCUT2D eigenvalue weighted by Gasteiger charge is -2.19. The maximum absolute atomic E-state index is 12.1. The van der Waals surface area contributed by atoms with E-state index in [-0.39, 0.29) is 11.9 Å². The summed E-state index contributed by atoms with van der Waals surface area (Å²) in [5, 5.41) is 8.99. The Labute approximate surface area is 138 Å². The van der Waals surface area contributed by atoms with Crippen molar-refractivity contribution in [1.82, 2.24) is 15.5 Å². The summed E-state index contributed by atoms with van der Waals surface area (Å²) in [4.78, 5) is 17.5. The Morgan fingerprint density at radius 2 is 2.32 bits per heavy atom. The van der Waals surface area contributed by atoms with E-state index in [4.69, 9.17) is 4.52 Å². The van der Waals surface area contributed by atoms with Gasteiger partial charge in [0.1, 0.15) is 0 Å². The lowest BCUT2D eigenvalue weighted by Crippen LogP contribution is -2.30. The third-order valence-corrected chi connectivity index (χ3v) is 4.88. The van der Waals surface area contributed by atoms with Crippen molar-refractivity contribution < 1.29 is 9.32 Å². The number of amides is 1. The predicted molar refractivity (Wildman–Crippen MR) is 89.9 cm³/mol. The topological polar surface area (TPSA) is 68.0 Å². The van der Waals surface area contributed by atoms with Gasteiger partial charge in [0.05, 0.1) is 17.5 Å². The first-order valence-electron chi connectivity index (χ1n) is 7.24. The predicted octanol–water partition coefficient (Wildman–Crippen LogP) is 3.58. The van der Waals surface area contributed by atoms with E-state index in [9.17, 15) is 4.79 Å². The molecule has 2 aromatic rings. The normalized spacial score (nSPS) is 12.5. The van der Waals surface area contributed by atoms with Gasteiger partial charge in [0, 0.05) is 11.8 Å². The smallest absolute Gasteiger partial charge is 0.230 e. The molecule has 0 aromatic carbocycles. The van der Waals surface area contributed by atoms with Crippen molar-refractivity contribution in [1.29, 1.82) is 0 Å². The highest BCUT2D eigenvalue weighted by Crippen LogP contribution is 2.25. The van der Waals surface area contributed by atoms with Gasteiger partial charge >= 0.3 is 0 Å². The molecule has 0 aliphatic rings. The molecule has 2 heterocycles. The van der Waals surface area contributed by atoms with E-state index in [2.05, 4.69) is 35.4 Å². The molecule has 1 N–H and O–H groups in total. The number of carbonyl (C=O) groups excluding carboxylic acids is 1. The van der Waals surface area contributed by atoms with Gasteiger partial charge in [0.2, 0.25) is 11.8 Å². The summed E-state index contributed by atoms with van der Waals surface area (Å²) >= 11 is 3.18. The largest absolute Gasteiger partial charge is 0.348 e. The fourth-order valence-corrected chi connectivity index (χ4v) is 3.54. The second-order valence-corrected chi connectivity index (χ2v) is 7.45. The molecule has 0 bridgehead atoms. The van der Waals surface area contributed by atoms with Crippen LogP contribution in [0.4, 0.5) is 0 Å². The number of hydrogen-bond donors (Lipinski definition) is 1. The number of thiophene rings is 1. The van der Waals surface area contributed by atoms with E-state index in [1.165, 1.54) is 16.6 Å². The standard InChI is InChI=1S/C15H21N3O2S2/c1-10(2)7-12(13-5-4-6-22-13)17-15(19)9-21-8-14-16-11(3)20-18-14/h4-6,10,12H,7-9H2,1-3H3,(H,17,19)/t12-/m0/s1. The molecule has 7 heteroatoms. The van der Waals surface area contributed by atoms with Gasteiger partial charge in [-0.2, -0.15) is 4.98 Å². The molecule has 1 atom stereocenters. The number of nitrogens with one attached hydrogen (secondary N) is 1. The number of carbonyl (C=O) groups is 1. The van der Waals surface area contributed by atoms with Gasteiger partial charge in [-0.15, -0.1) is 23.1 Å². The number of aromatic nitrogens is 2. The molecule has 0 unspecified atom stereocenters. The van der Waals surface area contributed by atoms with Crippen LogP contribution in [0.2, 0.25) is 0 Å². The molecule has 1 amide bonds. The van der Waals surface area contributed by atoms with Crippen LogP contribution >= 0.6 is 23.1 Å². The summed E-state index contributed by atoms with van der Waals surface area (Å²) in [5.74, 6) is 2.74. The molecule has 0 radical (unpaired) electrons. The van der Waals surface area contributed by atoms with Gasteiger partial charge in [-0.3, -0.25) is 4.79 Å². The number of rotatable bonds is 8. The molecule has 0 spiro atoms. The number of thioether (sulfide) groups is 1. The fourth-order valence-electron chi connectivity index (χ4n) is 2.08. The van der Waals surface area contributed by atoms with Crippen LogP contribution in [-0.2, 0) is 10.5 Å². The lowest BCUT2D eigenvalue weighted by molar-refractivity contribution is -0.119. The highest BCUT2D eigenvalue weighted by Gasteiger charge is 2.17. The molecule has 0 aliphatic heterocycles. The molecule has 0 fully saturated rings. The second kappa shape index (κ2) is 8.33. The van der Waals surface area contributed by atoms with E-state index in [0.29, 0.717) is 29.1 Å². The van der Waals surface area contributed by atoms with Crippen molar-refractivity contribution in [2.24, 2.45) is 5.92 Å². The Morgan fingerprint density at radius 3 is 2.91 bits per heavy atom. The number of hydrogen-bond acceptors (Lipinski definition) is 6. The monoisotopic (exact) mass is 339 g/mol. The third kappa shape index (κ3) is 5.46. The van der Waals surface area contributed by atoms with Crippen molar-refractivity contribution in [3.05, 3.63) is 34.1 Å². The minimum Gasteiger partial charge on any atom is -0.348 e. The molecule has 2 rings (SSSR count). The van der Waals surface area contributed by atoms with Crippen LogP contribution in [0.1, 0.15) is 42.9 Å². The highest BCUT2D eigenvalue weighted by molar-refractivity contribution is 7.99. The average Bonchev–Trinajstić information content (AvgIpc) is 3.09. The van der Waals surface area contributed by atoms with E-state index >= 15 is 0 Å². The first-order valence-corrected chi connectivity index (χ1v) is 9.27. The van der Waals surface area contributed by atoms with Crippen LogP contribution < -0.4 is 5.32 Å². The van der Waals surface area contributed by atoms with E-state index in [1.54, 1.807) is 18.3 Å². The molecule has 22 heavy (non-hydrogen) atoms. The summed E-state index contributed by atoms with van der Waals surface area (Å²) in [6.45, 7) is 6.09. The quantitative estimate of drug-likeness (QED) is 0.796. The van der Waals surface area contributed by atoms with E-state index in [1.807, 2.05) is 11.4 Å². The maximum Gasteiger partial charge on any atom is 0.230 e. The Morgan fingerprint density at radius 1 is 1.50 bits per heavy atom. The lowest BCUT2D eigenvalue weighted by atomic mass is 10.0. The van der Waals surface area contributed by atoms with E-state index < -0.39 is 0 Å². The highest BCUT2D eigenvalue weighted by atomic mass is 32.2. The first kappa shape index (κ1) is 17.0. The molecule has 0 saturated carbocycles. The summed E-state index contributed by atoms with van der Waals surface area (Å²) in [7, 11) is 0. The first-order chi connectivity index (χ1) is 10.5. The summed E-state index contributed by atoms with van der Waals surface area (Å²) < 4.78 is 4.91. The van der Waals surface area contributed by atoms with Crippen LogP contribution in [0.15, 0.2) is 22.0 Å². The Hall–Kier alpha value is -1.34. The van der Waals surface area contributed by atoms with Gasteiger partial charge in [-0.1, -0.05) is 25.1 Å². The van der Waals surface area contributed by atoms with Crippen LogP contribution in [0.3, 0.4) is 0 Å². The third-order valence-electron chi connectivity index (χ3n) is 2.96. The summed E-state index contributed by atoms with van der Waals surface area (Å²) in [5.41, 5.74) is 0. The van der Waals surface area contributed by atoms with Crippen molar-refractivity contribution in [2.75, 3.05) is 5.75 Å².